The second kappa shape index (κ2) is 9.12. The van der Waals surface area contributed by atoms with E-state index in [1.54, 1.807) is 14.2 Å². The molecule has 1 aliphatic rings. The number of ether oxygens (including phenoxy) is 2. The lowest BCUT2D eigenvalue weighted by Crippen LogP contribution is -2.45. The molecule has 0 amide bonds. The first kappa shape index (κ1) is 19.5. The molecular weight excluding hydrogens is 360 g/mol. The minimum Gasteiger partial charge on any atom is -0.497 e. The summed E-state index contributed by atoms with van der Waals surface area (Å²) >= 11 is 0. The van der Waals surface area contributed by atoms with Gasteiger partial charge in [-0.3, -0.25) is 4.90 Å². The van der Waals surface area contributed by atoms with Crippen LogP contribution in [-0.4, -0.2) is 45.3 Å². The summed E-state index contributed by atoms with van der Waals surface area (Å²) in [5.41, 5.74) is 4.91. The molecule has 0 aliphatic carbocycles. The molecular formula is C25H28N2O2. The smallest absolute Gasteiger partial charge is 0.127 e. The van der Waals surface area contributed by atoms with Gasteiger partial charge < -0.3 is 14.8 Å². The molecule has 1 atom stereocenters. The fraction of sp³-hybridized carbons (Fsp3) is 0.280. The molecule has 4 rings (SSSR count). The Morgan fingerprint density at radius 2 is 1.48 bits per heavy atom. The van der Waals surface area contributed by atoms with Crippen LogP contribution in [0.15, 0.2) is 72.8 Å². The lowest BCUT2D eigenvalue weighted by atomic mass is 9.93. The zero-order chi connectivity index (χ0) is 20.1. The predicted molar refractivity (Wildman–Crippen MR) is 118 cm³/mol. The van der Waals surface area contributed by atoms with Crippen LogP contribution < -0.4 is 14.8 Å². The lowest BCUT2D eigenvalue weighted by Gasteiger charge is -2.36. The van der Waals surface area contributed by atoms with Gasteiger partial charge in [0, 0.05) is 37.8 Å². The molecule has 0 bridgehead atoms. The van der Waals surface area contributed by atoms with Crippen LogP contribution in [0.5, 0.6) is 11.5 Å². The van der Waals surface area contributed by atoms with Gasteiger partial charge in [-0.25, -0.2) is 0 Å². The molecule has 1 heterocycles. The molecule has 4 heteroatoms. The van der Waals surface area contributed by atoms with Crippen molar-refractivity contribution in [2.75, 3.05) is 40.4 Å². The maximum absolute atomic E-state index is 5.75. The molecule has 1 N–H and O–H groups in total. The van der Waals surface area contributed by atoms with Crippen molar-refractivity contribution in [2.45, 2.75) is 6.04 Å². The van der Waals surface area contributed by atoms with Crippen molar-refractivity contribution in [3.8, 4) is 22.6 Å². The molecule has 1 fully saturated rings. The average molecular weight is 389 g/mol. The van der Waals surface area contributed by atoms with Gasteiger partial charge >= 0.3 is 0 Å². The molecule has 3 aromatic carbocycles. The molecule has 1 saturated heterocycles. The van der Waals surface area contributed by atoms with Gasteiger partial charge in [0.1, 0.15) is 11.5 Å². The summed E-state index contributed by atoms with van der Waals surface area (Å²) in [4.78, 5) is 2.53. The molecule has 0 spiro atoms. The van der Waals surface area contributed by atoms with Crippen molar-refractivity contribution in [1.82, 2.24) is 10.2 Å². The van der Waals surface area contributed by atoms with Crippen LogP contribution in [-0.2, 0) is 0 Å². The van der Waals surface area contributed by atoms with Crippen LogP contribution in [0, 0.1) is 0 Å². The van der Waals surface area contributed by atoms with Crippen LogP contribution in [0.1, 0.15) is 17.2 Å². The highest BCUT2D eigenvalue weighted by Gasteiger charge is 2.26. The fourth-order valence-corrected chi connectivity index (χ4v) is 4.06. The van der Waals surface area contributed by atoms with E-state index < -0.39 is 0 Å². The standard InChI is InChI=1S/C25H28N2O2/c1-28-22-12-13-23(24(18-22)29-2)25(27-16-14-26-15-17-27)21-10-8-20(9-11-21)19-6-4-3-5-7-19/h3-13,18,25-26H,14-17H2,1-2H3. The predicted octanol–water partition coefficient (Wildman–Crippen LogP) is 4.37. The highest BCUT2D eigenvalue weighted by Crippen LogP contribution is 2.37. The number of piperazine rings is 1. The van der Waals surface area contributed by atoms with Gasteiger partial charge in [-0.05, 0) is 28.8 Å². The highest BCUT2D eigenvalue weighted by atomic mass is 16.5. The van der Waals surface area contributed by atoms with Crippen molar-refractivity contribution >= 4 is 0 Å². The summed E-state index contributed by atoms with van der Waals surface area (Å²) in [5.74, 6) is 1.67. The zero-order valence-electron chi connectivity index (χ0n) is 17.1. The number of nitrogens with zero attached hydrogens (tertiary/aromatic N) is 1. The highest BCUT2D eigenvalue weighted by molar-refractivity contribution is 5.63. The SMILES string of the molecule is COc1ccc(C(c2ccc(-c3ccccc3)cc2)N2CCNCC2)c(OC)c1. The van der Waals surface area contributed by atoms with E-state index in [4.69, 9.17) is 9.47 Å². The van der Waals surface area contributed by atoms with Gasteiger partial charge in [-0.1, -0.05) is 54.6 Å². The van der Waals surface area contributed by atoms with E-state index in [9.17, 15) is 0 Å². The van der Waals surface area contributed by atoms with Gasteiger partial charge in [-0.2, -0.15) is 0 Å². The Morgan fingerprint density at radius 1 is 0.793 bits per heavy atom. The van der Waals surface area contributed by atoms with Crippen molar-refractivity contribution in [3.63, 3.8) is 0 Å². The molecule has 3 aromatic rings. The molecule has 1 unspecified atom stereocenters. The molecule has 0 saturated carbocycles. The molecule has 1 aliphatic heterocycles. The monoisotopic (exact) mass is 388 g/mol. The Bertz CT molecular complexity index is 919. The van der Waals surface area contributed by atoms with Crippen LogP contribution in [0.3, 0.4) is 0 Å². The number of benzene rings is 3. The third-order valence-electron chi connectivity index (χ3n) is 5.59. The van der Waals surface area contributed by atoms with E-state index in [2.05, 4.69) is 64.8 Å². The van der Waals surface area contributed by atoms with E-state index in [1.165, 1.54) is 22.3 Å². The van der Waals surface area contributed by atoms with Crippen molar-refractivity contribution in [1.29, 1.82) is 0 Å². The molecule has 29 heavy (non-hydrogen) atoms. The van der Waals surface area contributed by atoms with E-state index in [0.717, 1.165) is 37.7 Å². The van der Waals surface area contributed by atoms with Crippen molar-refractivity contribution < 1.29 is 9.47 Å². The average Bonchev–Trinajstić information content (AvgIpc) is 2.81. The summed E-state index contributed by atoms with van der Waals surface area (Å²) < 4.78 is 11.2. The number of rotatable bonds is 6. The van der Waals surface area contributed by atoms with Crippen LogP contribution in [0.25, 0.3) is 11.1 Å². The summed E-state index contributed by atoms with van der Waals surface area (Å²) in [7, 11) is 3.41. The van der Waals surface area contributed by atoms with E-state index in [-0.39, 0.29) is 6.04 Å². The number of nitrogens with one attached hydrogen (secondary N) is 1. The van der Waals surface area contributed by atoms with Crippen LogP contribution >= 0.6 is 0 Å². The summed E-state index contributed by atoms with van der Waals surface area (Å²) in [6.07, 6.45) is 0. The van der Waals surface area contributed by atoms with Crippen LogP contribution in [0.2, 0.25) is 0 Å². The zero-order valence-corrected chi connectivity index (χ0v) is 17.1. The lowest BCUT2D eigenvalue weighted by molar-refractivity contribution is 0.195. The van der Waals surface area contributed by atoms with Gasteiger partial charge in [-0.15, -0.1) is 0 Å². The maximum atomic E-state index is 5.75. The molecule has 4 nitrogen and oxygen atoms in total. The van der Waals surface area contributed by atoms with Gasteiger partial charge in [0.15, 0.2) is 0 Å². The topological polar surface area (TPSA) is 33.7 Å². The molecule has 0 radical (unpaired) electrons. The summed E-state index contributed by atoms with van der Waals surface area (Å²) in [6.45, 7) is 3.99. The van der Waals surface area contributed by atoms with Gasteiger partial charge in [0.25, 0.3) is 0 Å². The summed E-state index contributed by atoms with van der Waals surface area (Å²) in [5, 5.41) is 3.46. The van der Waals surface area contributed by atoms with E-state index in [1.807, 2.05) is 18.2 Å². The third-order valence-corrected chi connectivity index (χ3v) is 5.59. The quantitative estimate of drug-likeness (QED) is 0.680. The Hall–Kier alpha value is -2.82. The Kier molecular flexibility index (Phi) is 6.13. The van der Waals surface area contributed by atoms with Gasteiger partial charge in [0.2, 0.25) is 0 Å². The second-order valence-corrected chi connectivity index (χ2v) is 7.28. The van der Waals surface area contributed by atoms with Crippen LogP contribution in [0.4, 0.5) is 0 Å². The van der Waals surface area contributed by atoms with Crippen molar-refractivity contribution in [3.05, 3.63) is 83.9 Å². The number of hydrogen-bond acceptors (Lipinski definition) is 4. The summed E-state index contributed by atoms with van der Waals surface area (Å²) in [6, 6.07) is 25.7. The largest absolute Gasteiger partial charge is 0.497 e. The number of hydrogen-bond donors (Lipinski definition) is 1. The minimum absolute atomic E-state index is 0.141. The van der Waals surface area contributed by atoms with E-state index in [0.29, 0.717) is 0 Å². The second-order valence-electron chi connectivity index (χ2n) is 7.28. The molecule has 150 valence electrons. The minimum atomic E-state index is 0.141. The maximum Gasteiger partial charge on any atom is 0.127 e. The first-order valence-corrected chi connectivity index (χ1v) is 10.1. The number of methoxy groups -OCH3 is 2. The first-order chi connectivity index (χ1) is 14.3. The van der Waals surface area contributed by atoms with Crippen molar-refractivity contribution in [2.24, 2.45) is 0 Å². The first-order valence-electron chi connectivity index (χ1n) is 10.1. The molecule has 0 aromatic heterocycles. The van der Waals surface area contributed by atoms with Gasteiger partial charge in [0.05, 0.1) is 20.3 Å². The Morgan fingerprint density at radius 3 is 2.14 bits per heavy atom. The Balaban J connectivity index is 1.73. The third kappa shape index (κ3) is 4.29. The van der Waals surface area contributed by atoms with E-state index >= 15 is 0 Å². The normalized spacial score (nSPS) is 15.7. The Labute approximate surface area is 173 Å². The fourth-order valence-electron chi connectivity index (χ4n) is 4.06.